The Morgan fingerprint density at radius 2 is 1.84 bits per heavy atom. The molecule has 7 rings (SSSR count). The Balaban J connectivity index is 1.28. The lowest BCUT2D eigenvalue weighted by Crippen LogP contribution is -2.18. The van der Waals surface area contributed by atoms with Crippen LogP contribution in [0.2, 0.25) is 0 Å². The van der Waals surface area contributed by atoms with Crippen molar-refractivity contribution in [1.82, 2.24) is 40.0 Å². The molecule has 0 radical (unpaired) electrons. The number of hydrogen-bond acceptors (Lipinski definition) is 6. The van der Waals surface area contributed by atoms with E-state index in [0.717, 1.165) is 47.5 Å². The molecule has 2 N–H and O–H groups in total. The maximum absolute atomic E-state index is 13.9. The Morgan fingerprint density at radius 3 is 2.73 bits per heavy atom. The molecule has 182 valence electrons. The number of hydrogen-bond donors (Lipinski definition) is 2. The molecule has 5 aromatic heterocycles. The van der Waals surface area contributed by atoms with Crippen LogP contribution in [0.1, 0.15) is 18.4 Å². The number of imidazole rings is 1. The van der Waals surface area contributed by atoms with Crippen LogP contribution in [-0.2, 0) is 6.54 Å². The minimum atomic E-state index is -0.299. The zero-order valence-electron chi connectivity index (χ0n) is 19.9. The second-order valence-corrected chi connectivity index (χ2v) is 9.38. The number of aromatic nitrogens is 7. The predicted molar refractivity (Wildman–Crippen MR) is 140 cm³/mol. The number of fused-ring (bicyclic) bond motifs is 2. The Labute approximate surface area is 211 Å². The third-order valence-electron chi connectivity index (χ3n) is 6.85. The quantitative estimate of drug-likeness (QED) is 0.338. The van der Waals surface area contributed by atoms with Gasteiger partial charge in [-0.2, -0.15) is 5.10 Å². The van der Waals surface area contributed by atoms with Crippen molar-refractivity contribution in [2.45, 2.75) is 19.4 Å². The highest BCUT2D eigenvalue weighted by molar-refractivity contribution is 5.94. The molecule has 8 nitrogen and oxygen atoms in total. The third-order valence-corrected chi connectivity index (χ3v) is 6.85. The molecule has 6 heterocycles. The molecule has 1 aliphatic rings. The van der Waals surface area contributed by atoms with E-state index in [-0.39, 0.29) is 5.82 Å². The van der Waals surface area contributed by atoms with Gasteiger partial charge in [0.25, 0.3) is 0 Å². The van der Waals surface area contributed by atoms with Crippen LogP contribution in [0.15, 0.2) is 67.1 Å². The first kappa shape index (κ1) is 21.8. The number of likely N-dealkylation sites (tertiary alicyclic amines) is 1. The van der Waals surface area contributed by atoms with Gasteiger partial charge in [0.05, 0.1) is 11.2 Å². The zero-order chi connectivity index (χ0) is 24.8. The van der Waals surface area contributed by atoms with E-state index in [2.05, 4.69) is 36.1 Å². The van der Waals surface area contributed by atoms with Gasteiger partial charge in [-0.05, 0) is 73.5 Å². The highest BCUT2D eigenvalue weighted by Crippen LogP contribution is 2.31. The lowest BCUT2D eigenvalue weighted by molar-refractivity contribution is 0.331. The summed E-state index contributed by atoms with van der Waals surface area (Å²) in [5.41, 5.74) is 7.85. The van der Waals surface area contributed by atoms with Gasteiger partial charge in [0.1, 0.15) is 16.9 Å². The number of nitrogens with one attached hydrogen (secondary N) is 2. The summed E-state index contributed by atoms with van der Waals surface area (Å²) in [5.74, 6) is 0.246. The van der Waals surface area contributed by atoms with E-state index in [1.807, 2.05) is 36.7 Å². The molecule has 1 aromatic carbocycles. The van der Waals surface area contributed by atoms with E-state index in [9.17, 15) is 4.39 Å². The van der Waals surface area contributed by atoms with Crippen molar-refractivity contribution in [2.24, 2.45) is 0 Å². The van der Waals surface area contributed by atoms with E-state index in [1.165, 1.54) is 30.5 Å². The maximum atomic E-state index is 13.9. The Kier molecular flexibility index (Phi) is 5.21. The number of benzene rings is 1. The largest absolute Gasteiger partial charge is 0.321 e. The molecule has 1 fully saturated rings. The molecular formula is C28H23FN8. The average molecular weight is 491 g/mol. The van der Waals surface area contributed by atoms with Gasteiger partial charge in [-0.25, -0.2) is 19.3 Å². The second-order valence-electron chi connectivity index (χ2n) is 9.38. The maximum Gasteiger partial charge on any atom is 0.162 e. The van der Waals surface area contributed by atoms with Crippen molar-refractivity contribution in [2.75, 3.05) is 13.1 Å². The van der Waals surface area contributed by atoms with E-state index in [1.54, 1.807) is 12.3 Å². The van der Waals surface area contributed by atoms with Crippen molar-refractivity contribution >= 4 is 22.2 Å². The van der Waals surface area contributed by atoms with Crippen LogP contribution in [-0.4, -0.2) is 53.1 Å². The minimum absolute atomic E-state index is 0.299. The van der Waals surface area contributed by atoms with Gasteiger partial charge in [-0.3, -0.25) is 15.0 Å². The van der Waals surface area contributed by atoms with Gasteiger partial charge in [0.15, 0.2) is 17.2 Å². The number of pyridine rings is 3. The van der Waals surface area contributed by atoms with Crippen LogP contribution in [0.25, 0.3) is 56.1 Å². The summed E-state index contributed by atoms with van der Waals surface area (Å²) in [5, 5.41) is 7.57. The van der Waals surface area contributed by atoms with Crippen molar-refractivity contribution in [1.29, 1.82) is 0 Å². The standard InChI is InChI=1S/C28H23FN8/c29-20-5-3-4-18(13-20)21-8-9-31-27-24(21)33-28(34-27)26-25-23(35-36-26)7-6-22(32-25)19-12-17(14-30-15-19)16-37-10-1-2-11-37/h3-9,12-15H,1-2,10-11,16H2,(H,35,36)(H,31,33,34). The normalized spacial score (nSPS) is 14.2. The number of halogens is 1. The smallest absolute Gasteiger partial charge is 0.162 e. The monoisotopic (exact) mass is 490 g/mol. The molecule has 0 aliphatic carbocycles. The Hall–Kier alpha value is -4.50. The molecule has 0 unspecified atom stereocenters. The average Bonchev–Trinajstić information content (AvgIpc) is 3.67. The van der Waals surface area contributed by atoms with E-state index >= 15 is 0 Å². The molecule has 0 spiro atoms. The predicted octanol–water partition coefficient (Wildman–Crippen LogP) is 5.36. The van der Waals surface area contributed by atoms with Crippen LogP contribution >= 0.6 is 0 Å². The summed E-state index contributed by atoms with van der Waals surface area (Å²) in [7, 11) is 0. The first-order valence-electron chi connectivity index (χ1n) is 12.3. The summed E-state index contributed by atoms with van der Waals surface area (Å²) >= 11 is 0. The molecule has 37 heavy (non-hydrogen) atoms. The van der Waals surface area contributed by atoms with Crippen molar-refractivity contribution < 1.29 is 4.39 Å². The van der Waals surface area contributed by atoms with E-state index < -0.39 is 0 Å². The molecule has 9 heteroatoms. The third kappa shape index (κ3) is 4.03. The summed E-state index contributed by atoms with van der Waals surface area (Å²) in [6.45, 7) is 3.18. The van der Waals surface area contributed by atoms with Crippen molar-refractivity contribution in [3.8, 4) is 33.9 Å². The molecule has 0 amide bonds. The number of nitrogens with zero attached hydrogens (tertiary/aromatic N) is 6. The van der Waals surface area contributed by atoms with Gasteiger partial charge >= 0.3 is 0 Å². The summed E-state index contributed by atoms with van der Waals surface area (Å²) in [6.07, 6.45) is 7.98. The fourth-order valence-corrected chi connectivity index (χ4v) is 5.05. The van der Waals surface area contributed by atoms with Gasteiger partial charge < -0.3 is 4.98 Å². The fraction of sp³-hybridized carbons (Fsp3) is 0.179. The minimum Gasteiger partial charge on any atom is -0.321 e. The highest BCUT2D eigenvalue weighted by Gasteiger charge is 2.18. The lowest BCUT2D eigenvalue weighted by Gasteiger charge is -2.14. The first-order chi connectivity index (χ1) is 18.2. The summed E-state index contributed by atoms with van der Waals surface area (Å²) in [6, 6.07) is 14.4. The molecular weight excluding hydrogens is 467 g/mol. The van der Waals surface area contributed by atoms with Gasteiger partial charge in [0, 0.05) is 36.3 Å². The zero-order valence-corrected chi connectivity index (χ0v) is 19.9. The van der Waals surface area contributed by atoms with Crippen molar-refractivity contribution in [3.05, 3.63) is 78.5 Å². The Bertz CT molecular complexity index is 1750. The fourth-order valence-electron chi connectivity index (χ4n) is 5.05. The Morgan fingerprint density at radius 1 is 0.919 bits per heavy atom. The molecule has 0 saturated carbocycles. The summed E-state index contributed by atoms with van der Waals surface area (Å²) in [4.78, 5) is 24.4. The molecule has 1 saturated heterocycles. The van der Waals surface area contributed by atoms with Crippen LogP contribution < -0.4 is 0 Å². The molecule has 6 aromatic rings. The van der Waals surface area contributed by atoms with Gasteiger partial charge in [-0.1, -0.05) is 12.1 Å². The van der Waals surface area contributed by atoms with E-state index in [0.29, 0.717) is 28.2 Å². The van der Waals surface area contributed by atoms with E-state index in [4.69, 9.17) is 9.97 Å². The first-order valence-corrected chi connectivity index (χ1v) is 12.3. The highest BCUT2D eigenvalue weighted by atomic mass is 19.1. The topological polar surface area (TPSA) is 99.3 Å². The van der Waals surface area contributed by atoms with Crippen LogP contribution in [0.3, 0.4) is 0 Å². The number of rotatable bonds is 5. The van der Waals surface area contributed by atoms with Crippen LogP contribution in [0.4, 0.5) is 4.39 Å². The molecule has 1 aliphatic heterocycles. The molecule has 0 bridgehead atoms. The van der Waals surface area contributed by atoms with Crippen molar-refractivity contribution in [3.63, 3.8) is 0 Å². The van der Waals surface area contributed by atoms with Crippen LogP contribution in [0.5, 0.6) is 0 Å². The van der Waals surface area contributed by atoms with Gasteiger partial charge in [-0.15, -0.1) is 0 Å². The van der Waals surface area contributed by atoms with Crippen LogP contribution in [0, 0.1) is 5.82 Å². The second kappa shape index (κ2) is 8.86. The lowest BCUT2D eigenvalue weighted by atomic mass is 10.1. The van der Waals surface area contributed by atoms with Gasteiger partial charge in [0.2, 0.25) is 0 Å². The summed E-state index contributed by atoms with van der Waals surface area (Å²) < 4.78 is 13.9. The SMILES string of the molecule is Fc1cccc(-c2ccnc3[nH]c(-c4n[nH]c5ccc(-c6cncc(CN7CCCC7)c6)nc45)nc23)c1. The number of H-pyrrole nitrogens is 2. The number of aromatic amines is 2. The molecule has 0 atom stereocenters.